The van der Waals surface area contributed by atoms with Gasteiger partial charge in [0.25, 0.3) is 0 Å². The average Bonchev–Trinajstić information content (AvgIpc) is 1.36. The van der Waals surface area contributed by atoms with Crippen molar-refractivity contribution in [2.75, 3.05) is 0 Å². The molecule has 0 saturated carbocycles. The molecule has 0 spiro atoms. The van der Waals surface area contributed by atoms with E-state index in [1.165, 1.54) is 0 Å². The first kappa shape index (κ1) is 31.1. The van der Waals surface area contributed by atoms with Gasteiger partial charge < -0.3 is 21.0 Å². The average molecular weight is 196 g/mol. The summed E-state index contributed by atoms with van der Waals surface area (Å²) in [6.45, 7) is 0. The molecule has 0 radical (unpaired) electrons. The van der Waals surface area contributed by atoms with Crippen LogP contribution < -0.4 is 0 Å². The highest BCUT2D eigenvalue weighted by molar-refractivity contribution is 7.79. The lowest BCUT2D eigenvalue weighted by atomic mass is 11.7. The number of rotatable bonds is 1. The van der Waals surface area contributed by atoms with Crippen LogP contribution in [0.25, 0.3) is 0 Å². The van der Waals surface area contributed by atoms with Gasteiger partial charge >= 0.3 is 28.8 Å². The molecule has 0 saturated heterocycles. The molecule has 0 amide bonds. The van der Waals surface area contributed by atoms with Gasteiger partial charge in [-0.05, 0) is 0 Å². The van der Waals surface area contributed by atoms with E-state index in [0.717, 1.165) is 0 Å². The normalized spacial score (nSPS) is 9.20. The zero-order valence-electron chi connectivity index (χ0n) is 4.10. The van der Waals surface area contributed by atoms with E-state index in [9.17, 15) is 8.78 Å². The zero-order chi connectivity index (χ0) is 5.15. The molecule has 0 aromatic heterocycles. The van der Waals surface area contributed by atoms with E-state index in [1.54, 1.807) is 0 Å². The molecule has 0 aliphatic carbocycles. The Morgan fingerprint density at radius 3 is 1.30 bits per heavy atom. The SMILES string of the molecule is O.O.O.O=S(O)C(F)F.[MgH2]. The van der Waals surface area contributed by atoms with Crippen molar-refractivity contribution in [2.24, 2.45) is 0 Å². The Hall–Kier alpha value is 0.616. The minimum atomic E-state index is -3.12. The highest BCUT2D eigenvalue weighted by Gasteiger charge is 2.06. The van der Waals surface area contributed by atoms with E-state index >= 15 is 0 Å². The third-order valence-electron chi connectivity index (χ3n) is 0.152. The van der Waals surface area contributed by atoms with Gasteiger partial charge in [-0.1, -0.05) is 0 Å². The Morgan fingerprint density at radius 2 is 1.30 bits per heavy atom. The quantitative estimate of drug-likeness (QED) is 0.355. The molecule has 0 aromatic carbocycles. The van der Waals surface area contributed by atoms with Crippen LogP contribution in [0.2, 0.25) is 0 Å². The van der Waals surface area contributed by atoms with Crippen LogP contribution >= 0.6 is 0 Å². The van der Waals surface area contributed by atoms with Gasteiger partial charge in [-0.15, -0.1) is 0 Å². The molecular weight excluding hydrogens is 186 g/mol. The number of alkyl halides is 2. The maximum absolute atomic E-state index is 10.6. The standard InChI is InChI=1S/CH2F2O2S.Mg.3H2O.2H/c2-1(3)6(4)5;;;;;;/h1H,(H,4,5);;3*1H2;;. The van der Waals surface area contributed by atoms with Crippen LogP contribution in [0.4, 0.5) is 8.78 Å². The highest BCUT2D eigenvalue weighted by Crippen LogP contribution is 1.93. The van der Waals surface area contributed by atoms with E-state index in [2.05, 4.69) is 0 Å². The largest absolute Gasteiger partial charge is 0.412 e. The first-order valence-corrected chi connectivity index (χ1v) is 2.19. The Bertz CT molecular complexity index is 70.7. The summed E-state index contributed by atoms with van der Waals surface area (Å²) < 4.78 is 37.6. The fraction of sp³-hybridized carbons (Fsp3) is 1.00. The first-order chi connectivity index (χ1) is 2.64. The molecule has 66 valence electrons. The molecule has 0 heterocycles. The van der Waals surface area contributed by atoms with Crippen molar-refractivity contribution in [3.8, 4) is 0 Å². The Balaban J connectivity index is -0.0000000208. The van der Waals surface area contributed by atoms with Crippen molar-refractivity contribution in [1.29, 1.82) is 0 Å². The summed E-state index contributed by atoms with van der Waals surface area (Å²) in [6, 6.07) is 0. The molecule has 0 aliphatic heterocycles. The minimum Gasteiger partial charge on any atom is -0.412 e. The van der Waals surface area contributed by atoms with Gasteiger partial charge in [0.1, 0.15) is 0 Å². The van der Waals surface area contributed by atoms with Crippen LogP contribution in [0.3, 0.4) is 0 Å². The van der Waals surface area contributed by atoms with E-state index in [1.807, 2.05) is 0 Å². The second-order valence-electron chi connectivity index (χ2n) is 0.537. The monoisotopic (exact) mass is 196 g/mol. The summed E-state index contributed by atoms with van der Waals surface area (Å²) in [7, 11) is 0. The molecular formula is CH10F2MgO5S. The third-order valence-corrected chi connectivity index (χ3v) is 0.457. The fourth-order valence-corrected chi connectivity index (χ4v) is 0. The Labute approximate surface area is 74.2 Å². The topological polar surface area (TPSA) is 132 Å². The van der Waals surface area contributed by atoms with Crippen molar-refractivity contribution >= 4 is 34.1 Å². The van der Waals surface area contributed by atoms with E-state index in [4.69, 9.17) is 8.76 Å². The molecule has 0 fully saturated rings. The summed E-state index contributed by atoms with van der Waals surface area (Å²) in [4.78, 5) is 0. The van der Waals surface area contributed by atoms with Crippen LogP contribution in [-0.4, -0.2) is 54.0 Å². The van der Waals surface area contributed by atoms with E-state index in [-0.39, 0.29) is 39.5 Å². The van der Waals surface area contributed by atoms with E-state index in [0.29, 0.717) is 0 Å². The maximum Gasteiger partial charge on any atom is 0.336 e. The third kappa shape index (κ3) is 23.5. The summed E-state index contributed by atoms with van der Waals surface area (Å²) >= 11 is -2.95. The number of hydrogen-bond acceptors (Lipinski definition) is 1. The predicted octanol–water partition coefficient (Wildman–Crippen LogP) is -2.96. The van der Waals surface area contributed by atoms with Gasteiger partial charge in [-0.3, -0.25) is 0 Å². The lowest BCUT2D eigenvalue weighted by Gasteiger charge is -1.82. The second-order valence-corrected chi connectivity index (χ2v) is 1.45. The first-order valence-electron chi connectivity index (χ1n) is 1.02. The van der Waals surface area contributed by atoms with Crippen molar-refractivity contribution in [2.45, 2.75) is 5.76 Å². The molecule has 0 rings (SSSR count). The molecule has 5 nitrogen and oxygen atoms in total. The number of halogens is 2. The van der Waals surface area contributed by atoms with Gasteiger partial charge in [0.15, 0.2) is 0 Å². The van der Waals surface area contributed by atoms with Gasteiger partial charge in [0.05, 0.1) is 0 Å². The molecule has 10 heavy (non-hydrogen) atoms. The van der Waals surface area contributed by atoms with Gasteiger partial charge in [-0.25, -0.2) is 4.21 Å². The summed E-state index contributed by atoms with van der Waals surface area (Å²) in [5, 5.41) is 0. The summed E-state index contributed by atoms with van der Waals surface area (Å²) in [5.74, 6) is -3.12. The van der Waals surface area contributed by atoms with Crippen molar-refractivity contribution in [3.63, 3.8) is 0 Å². The van der Waals surface area contributed by atoms with Crippen LogP contribution in [-0.2, 0) is 11.1 Å². The maximum atomic E-state index is 10.6. The zero-order valence-corrected chi connectivity index (χ0v) is 4.91. The fourth-order valence-electron chi connectivity index (χ4n) is 0. The lowest BCUT2D eigenvalue weighted by molar-refractivity contribution is 0.231. The van der Waals surface area contributed by atoms with Gasteiger partial charge in [-0.2, -0.15) is 8.78 Å². The van der Waals surface area contributed by atoms with Crippen LogP contribution in [0.5, 0.6) is 0 Å². The molecule has 9 heteroatoms. The van der Waals surface area contributed by atoms with E-state index < -0.39 is 16.8 Å². The molecule has 1 atom stereocenters. The summed E-state index contributed by atoms with van der Waals surface area (Å²) in [5.41, 5.74) is 0. The van der Waals surface area contributed by atoms with Crippen molar-refractivity contribution in [1.82, 2.24) is 0 Å². The van der Waals surface area contributed by atoms with Gasteiger partial charge in [0, 0.05) is 0 Å². The van der Waals surface area contributed by atoms with Crippen LogP contribution in [0.1, 0.15) is 0 Å². The van der Waals surface area contributed by atoms with Gasteiger partial charge in [0.2, 0.25) is 11.1 Å². The van der Waals surface area contributed by atoms with Crippen LogP contribution in [0, 0.1) is 0 Å². The van der Waals surface area contributed by atoms with Crippen LogP contribution in [0.15, 0.2) is 0 Å². The Kier molecular flexibility index (Phi) is 50.8. The van der Waals surface area contributed by atoms with Crippen molar-refractivity contribution < 1.29 is 34.0 Å². The molecule has 0 aliphatic rings. The highest BCUT2D eigenvalue weighted by atomic mass is 32.2. The smallest absolute Gasteiger partial charge is 0.336 e. The summed E-state index contributed by atoms with van der Waals surface area (Å²) in [6.07, 6.45) is 0. The lowest BCUT2D eigenvalue weighted by Crippen LogP contribution is -1.97. The molecule has 1 unspecified atom stereocenters. The predicted molar refractivity (Wildman–Crippen MR) is 36.2 cm³/mol. The second kappa shape index (κ2) is 16.3. The van der Waals surface area contributed by atoms with Crippen molar-refractivity contribution in [3.05, 3.63) is 0 Å². The number of hydrogen-bond donors (Lipinski definition) is 1. The minimum absolute atomic E-state index is 0. The Morgan fingerprint density at radius 1 is 1.20 bits per heavy atom. The molecule has 0 bridgehead atoms. The molecule has 7 N–H and O–H groups in total. The molecule has 0 aromatic rings.